The van der Waals surface area contributed by atoms with E-state index in [9.17, 15) is 9.59 Å². The zero-order valence-corrected chi connectivity index (χ0v) is 17.7. The van der Waals surface area contributed by atoms with E-state index in [1.165, 1.54) is 6.08 Å². The minimum Gasteiger partial charge on any atom is -0.489 e. The maximum atomic E-state index is 12.6. The second kappa shape index (κ2) is 8.50. The van der Waals surface area contributed by atoms with Crippen molar-refractivity contribution < 1.29 is 23.8 Å². The van der Waals surface area contributed by atoms with E-state index in [2.05, 4.69) is 18.2 Å². The largest absolute Gasteiger partial charge is 0.489 e. The van der Waals surface area contributed by atoms with E-state index in [-0.39, 0.29) is 5.57 Å². The first-order valence-electron chi connectivity index (χ1n) is 11.0. The Morgan fingerprint density at radius 3 is 2.38 bits per heavy atom. The predicted molar refractivity (Wildman–Crippen MR) is 121 cm³/mol. The lowest BCUT2D eigenvalue weighted by molar-refractivity contribution is -0.244. The van der Waals surface area contributed by atoms with Crippen LogP contribution in [0.3, 0.4) is 0 Å². The Bertz CT molecular complexity index is 1180. The van der Waals surface area contributed by atoms with Gasteiger partial charge in [0.25, 0.3) is 5.79 Å². The van der Waals surface area contributed by atoms with Crippen molar-refractivity contribution >= 4 is 28.8 Å². The highest BCUT2D eigenvalue weighted by Gasteiger charge is 2.46. The fraction of sp³-hybridized carbons (Fsp3) is 0.259. The maximum Gasteiger partial charge on any atom is 0.348 e. The minimum absolute atomic E-state index is 0.0904. The van der Waals surface area contributed by atoms with Crippen LogP contribution in [0, 0.1) is 0 Å². The Morgan fingerprint density at radius 1 is 0.844 bits per heavy atom. The Labute approximate surface area is 186 Å². The van der Waals surface area contributed by atoms with Gasteiger partial charge in [0.1, 0.15) is 17.9 Å². The monoisotopic (exact) mass is 428 g/mol. The second-order valence-corrected chi connectivity index (χ2v) is 8.31. The van der Waals surface area contributed by atoms with Crippen molar-refractivity contribution in [1.82, 2.24) is 0 Å². The van der Waals surface area contributed by atoms with Gasteiger partial charge in [-0.25, -0.2) is 9.59 Å². The van der Waals surface area contributed by atoms with Crippen molar-refractivity contribution in [2.24, 2.45) is 0 Å². The summed E-state index contributed by atoms with van der Waals surface area (Å²) in [7, 11) is 0. The van der Waals surface area contributed by atoms with Gasteiger partial charge >= 0.3 is 11.9 Å². The molecule has 0 amide bonds. The van der Waals surface area contributed by atoms with Gasteiger partial charge in [0.05, 0.1) is 0 Å². The Hall–Kier alpha value is -3.60. The van der Waals surface area contributed by atoms with E-state index in [0.29, 0.717) is 30.8 Å². The molecule has 1 spiro atoms. The molecule has 1 aliphatic heterocycles. The molecule has 0 N–H and O–H groups in total. The summed E-state index contributed by atoms with van der Waals surface area (Å²) in [5, 5.41) is 2.31. The molecular formula is C27H24O5. The van der Waals surface area contributed by atoms with Crippen molar-refractivity contribution in [3.63, 3.8) is 0 Å². The second-order valence-electron chi connectivity index (χ2n) is 8.31. The Balaban J connectivity index is 1.32. The van der Waals surface area contributed by atoms with Gasteiger partial charge in [-0.05, 0) is 52.9 Å². The summed E-state index contributed by atoms with van der Waals surface area (Å²) in [5.41, 5.74) is 1.67. The topological polar surface area (TPSA) is 61.8 Å². The number of rotatable bonds is 4. The number of carbonyl (C=O) groups is 2. The van der Waals surface area contributed by atoms with Gasteiger partial charge in [0.2, 0.25) is 0 Å². The molecule has 0 bridgehead atoms. The fourth-order valence-corrected chi connectivity index (χ4v) is 4.40. The van der Waals surface area contributed by atoms with Gasteiger partial charge < -0.3 is 14.2 Å². The quantitative estimate of drug-likeness (QED) is 0.309. The highest BCUT2D eigenvalue weighted by Crippen LogP contribution is 2.37. The third-order valence-corrected chi connectivity index (χ3v) is 6.06. The van der Waals surface area contributed by atoms with Crippen LogP contribution >= 0.6 is 0 Å². The third kappa shape index (κ3) is 4.11. The van der Waals surface area contributed by atoms with Gasteiger partial charge in [-0.15, -0.1) is 0 Å². The first kappa shape index (κ1) is 20.3. The molecule has 5 heteroatoms. The van der Waals surface area contributed by atoms with E-state index < -0.39 is 17.7 Å². The normalized spacial score (nSPS) is 17.7. The van der Waals surface area contributed by atoms with Crippen molar-refractivity contribution in [2.75, 3.05) is 0 Å². The summed E-state index contributed by atoms with van der Waals surface area (Å²) in [6.07, 6.45) is 5.46. The Morgan fingerprint density at radius 2 is 1.56 bits per heavy atom. The molecule has 1 saturated heterocycles. The highest BCUT2D eigenvalue weighted by molar-refractivity contribution is 6.18. The van der Waals surface area contributed by atoms with Crippen LogP contribution in [0.4, 0.5) is 0 Å². The zero-order chi connectivity index (χ0) is 22.0. The van der Waals surface area contributed by atoms with Crippen LogP contribution in [0.15, 0.2) is 72.3 Å². The molecule has 3 aromatic carbocycles. The molecule has 32 heavy (non-hydrogen) atoms. The molecule has 0 aromatic heterocycles. The molecule has 0 atom stereocenters. The van der Waals surface area contributed by atoms with Crippen LogP contribution in [-0.2, 0) is 25.7 Å². The molecule has 1 heterocycles. The van der Waals surface area contributed by atoms with Gasteiger partial charge in [0, 0.05) is 12.8 Å². The lowest BCUT2D eigenvalue weighted by Crippen LogP contribution is -2.47. The number of hydrogen-bond donors (Lipinski definition) is 0. The van der Waals surface area contributed by atoms with Gasteiger partial charge in [0.15, 0.2) is 0 Å². The molecule has 1 aliphatic carbocycles. The summed E-state index contributed by atoms with van der Waals surface area (Å²) < 4.78 is 17.1. The van der Waals surface area contributed by atoms with E-state index in [1.807, 2.05) is 42.5 Å². The number of fused-ring (bicyclic) bond motifs is 1. The van der Waals surface area contributed by atoms with E-state index in [4.69, 9.17) is 14.2 Å². The number of esters is 2. The van der Waals surface area contributed by atoms with Crippen LogP contribution in [0.1, 0.15) is 43.2 Å². The van der Waals surface area contributed by atoms with Crippen molar-refractivity contribution in [2.45, 2.75) is 44.5 Å². The van der Waals surface area contributed by atoms with Crippen LogP contribution in [0.5, 0.6) is 5.75 Å². The molecule has 1 saturated carbocycles. The SMILES string of the molecule is O=C1OC2(CCCCC2)OC(=O)C1=Cc1cccc(OCc2cccc3ccccc23)c1. The highest BCUT2D eigenvalue weighted by atomic mass is 16.7. The van der Waals surface area contributed by atoms with E-state index >= 15 is 0 Å². The standard InChI is InChI=1S/C27H24O5/c28-25-24(26(29)32-27(31-25)14-4-1-5-15-27)17-19-8-6-12-22(16-19)30-18-21-11-7-10-20-9-2-3-13-23(20)21/h2-3,6-13,16-17H,1,4-5,14-15,18H2. The summed E-state index contributed by atoms with van der Waals surface area (Å²) in [6.45, 7) is 0.411. The lowest BCUT2D eigenvalue weighted by atomic mass is 9.93. The Kier molecular flexibility index (Phi) is 5.39. The first-order valence-corrected chi connectivity index (χ1v) is 11.0. The van der Waals surface area contributed by atoms with Crippen LogP contribution in [-0.4, -0.2) is 17.7 Å². The molecule has 0 radical (unpaired) electrons. The average Bonchev–Trinajstić information content (AvgIpc) is 2.81. The number of carbonyl (C=O) groups excluding carboxylic acids is 2. The molecule has 5 rings (SSSR count). The van der Waals surface area contributed by atoms with Gasteiger partial charge in [-0.3, -0.25) is 0 Å². The minimum atomic E-state index is -1.08. The average molecular weight is 428 g/mol. The van der Waals surface area contributed by atoms with Crippen LogP contribution in [0.2, 0.25) is 0 Å². The first-order chi connectivity index (χ1) is 15.6. The smallest absolute Gasteiger partial charge is 0.348 e. The molecule has 3 aromatic rings. The lowest BCUT2D eigenvalue weighted by Gasteiger charge is -2.38. The number of hydrogen-bond acceptors (Lipinski definition) is 5. The van der Waals surface area contributed by atoms with E-state index in [1.54, 1.807) is 6.07 Å². The summed E-state index contributed by atoms with van der Waals surface area (Å²) >= 11 is 0. The number of benzene rings is 3. The van der Waals surface area contributed by atoms with Gasteiger partial charge in [-0.2, -0.15) is 0 Å². The van der Waals surface area contributed by atoms with Crippen LogP contribution in [0.25, 0.3) is 16.8 Å². The summed E-state index contributed by atoms with van der Waals surface area (Å²) in [4.78, 5) is 25.2. The predicted octanol–water partition coefficient (Wildman–Crippen LogP) is 5.56. The maximum absolute atomic E-state index is 12.6. The molecular weight excluding hydrogens is 404 g/mol. The summed E-state index contributed by atoms with van der Waals surface area (Å²) in [5.74, 6) is -1.67. The van der Waals surface area contributed by atoms with Crippen molar-refractivity contribution in [1.29, 1.82) is 0 Å². The third-order valence-electron chi connectivity index (χ3n) is 6.06. The van der Waals surface area contributed by atoms with Crippen LogP contribution < -0.4 is 4.74 Å². The van der Waals surface area contributed by atoms with Gasteiger partial charge in [-0.1, -0.05) is 61.0 Å². The van der Waals surface area contributed by atoms with E-state index in [0.717, 1.165) is 35.6 Å². The van der Waals surface area contributed by atoms with Crippen molar-refractivity contribution in [3.05, 3.63) is 83.4 Å². The molecule has 2 aliphatic rings. The summed E-state index contributed by atoms with van der Waals surface area (Å²) in [6, 6.07) is 21.6. The molecule has 5 nitrogen and oxygen atoms in total. The molecule has 162 valence electrons. The number of ether oxygens (including phenoxy) is 3. The molecule has 2 fully saturated rings. The molecule has 0 unspecified atom stereocenters. The zero-order valence-electron chi connectivity index (χ0n) is 17.7. The fourth-order valence-electron chi connectivity index (χ4n) is 4.40. The van der Waals surface area contributed by atoms with Crippen molar-refractivity contribution in [3.8, 4) is 5.75 Å².